The molecule has 0 radical (unpaired) electrons. The smallest absolute Gasteiger partial charge is 0.251 e. The molecule has 3 nitrogen and oxygen atoms in total. The molecule has 0 unspecified atom stereocenters. The zero-order valence-electron chi connectivity index (χ0n) is 15.2. The summed E-state index contributed by atoms with van der Waals surface area (Å²) >= 11 is 0. The molecule has 0 atom stereocenters. The normalized spacial score (nSPS) is 10.2. The minimum Gasteiger partial charge on any atom is -0.352 e. The molecule has 1 aromatic rings. The fourth-order valence-corrected chi connectivity index (χ4v) is 2.71. The Morgan fingerprint density at radius 1 is 0.875 bits per heavy atom. The highest BCUT2D eigenvalue weighted by molar-refractivity contribution is 5.94. The second-order valence-electron chi connectivity index (χ2n) is 6.34. The first-order chi connectivity index (χ1) is 11.3. The van der Waals surface area contributed by atoms with Crippen LogP contribution in [0.4, 0.5) is 0 Å². The van der Waals surface area contributed by atoms with E-state index in [2.05, 4.69) is 12.2 Å². The first-order valence-corrected chi connectivity index (χ1v) is 9.35. The lowest BCUT2D eigenvalue weighted by atomic mass is 10.1. The van der Waals surface area contributed by atoms with Crippen LogP contribution >= 0.6 is 12.4 Å². The number of benzene rings is 1. The summed E-state index contributed by atoms with van der Waals surface area (Å²) in [6.07, 6.45) is 13.2. The molecule has 1 aromatic carbocycles. The van der Waals surface area contributed by atoms with Crippen LogP contribution in [0.1, 0.15) is 87.1 Å². The molecule has 0 aliphatic carbocycles. The summed E-state index contributed by atoms with van der Waals surface area (Å²) in [6.45, 7) is 3.54. The molecule has 1 amide bonds. The Morgan fingerprint density at radius 3 is 1.88 bits per heavy atom. The van der Waals surface area contributed by atoms with Crippen LogP contribution in [-0.2, 0) is 6.54 Å². The molecule has 24 heavy (non-hydrogen) atoms. The Hall–Kier alpha value is -1.06. The SMILES string of the molecule is CCCCCCCCCCCCNC(=O)c1ccc(CN)cc1.Cl. The van der Waals surface area contributed by atoms with Gasteiger partial charge in [-0.25, -0.2) is 0 Å². The highest BCUT2D eigenvalue weighted by atomic mass is 35.5. The molecule has 0 spiro atoms. The van der Waals surface area contributed by atoms with Crippen molar-refractivity contribution in [2.45, 2.75) is 77.7 Å². The fraction of sp³-hybridized carbons (Fsp3) is 0.650. The van der Waals surface area contributed by atoms with Gasteiger partial charge in [-0.15, -0.1) is 12.4 Å². The second-order valence-corrected chi connectivity index (χ2v) is 6.34. The third-order valence-corrected chi connectivity index (χ3v) is 4.27. The molecule has 0 aliphatic rings. The van der Waals surface area contributed by atoms with Crippen molar-refractivity contribution in [1.82, 2.24) is 5.32 Å². The van der Waals surface area contributed by atoms with Crippen molar-refractivity contribution in [2.75, 3.05) is 6.54 Å². The summed E-state index contributed by atoms with van der Waals surface area (Å²) in [5, 5.41) is 2.99. The zero-order valence-corrected chi connectivity index (χ0v) is 16.0. The third-order valence-electron chi connectivity index (χ3n) is 4.27. The van der Waals surface area contributed by atoms with Gasteiger partial charge in [0.2, 0.25) is 0 Å². The standard InChI is InChI=1S/C20H34N2O.ClH/c1-2-3-4-5-6-7-8-9-10-11-16-22-20(23)19-14-12-18(17-21)13-15-19;/h12-15H,2-11,16-17,21H2,1H3,(H,22,23);1H. The summed E-state index contributed by atoms with van der Waals surface area (Å²) < 4.78 is 0. The average molecular weight is 355 g/mol. The van der Waals surface area contributed by atoms with Gasteiger partial charge in [0.25, 0.3) is 5.91 Å². The van der Waals surface area contributed by atoms with Gasteiger partial charge in [0.05, 0.1) is 0 Å². The number of hydrogen-bond donors (Lipinski definition) is 2. The van der Waals surface area contributed by atoms with E-state index >= 15 is 0 Å². The molecule has 138 valence electrons. The Bertz CT molecular complexity index is 420. The van der Waals surface area contributed by atoms with E-state index in [0.717, 1.165) is 18.5 Å². The number of carbonyl (C=O) groups excluding carboxylic acids is 1. The summed E-state index contributed by atoms with van der Waals surface area (Å²) in [5.41, 5.74) is 7.32. The molecule has 0 heterocycles. The molecule has 0 aromatic heterocycles. The number of amides is 1. The Balaban J connectivity index is 0.00000529. The van der Waals surface area contributed by atoms with E-state index in [1.54, 1.807) is 0 Å². The number of carbonyl (C=O) groups is 1. The van der Waals surface area contributed by atoms with Gasteiger partial charge in [-0.3, -0.25) is 4.79 Å². The van der Waals surface area contributed by atoms with Crippen LogP contribution in [-0.4, -0.2) is 12.5 Å². The van der Waals surface area contributed by atoms with Crippen LogP contribution in [0.15, 0.2) is 24.3 Å². The lowest BCUT2D eigenvalue weighted by Gasteiger charge is -2.06. The van der Waals surface area contributed by atoms with Gasteiger partial charge in [0.1, 0.15) is 0 Å². The van der Waals surface area contributed by atoms with Gasteiger partial charge < -0.3 is 11.1 Å². The third kappa shape index (κ3) is 10.7. The Labute approximate surface area is 154 Å². The van der Waals surface area contributed by atoms with Crippen molar-refractivity contribution < 1.29 is 4.79 Å². The maximum atomic E-state index is 12.0. The molecule has 0 aliphatic heterocycles. The topological polar surface area (TPSA) is 55.1 Å². The van der Waals surface area contributed by atoms with Crippen LogP contribution in [0.25, 0.3) is 0 Å². The van der Waals surface area contributed by atoms with Gasteiger partial charge >= 0.3 is 0 Å². The van der Waals surface area contributed by atoms with E-state index in [0.29, 0.717) is 12.1 Å². The fourth-order valence-electron chi connectivity index (χ4n) is 2.71. The van der Waals surface area contributed by atoms with Gasteiger partial charge in [0, 0.05) is 18.7 Å². The van der Waals surface area contributed by atoms with E-state index in [1.165, 1.54) is 57.8 Å². The first-order valence-electron chi connectivity index (χ1n) is 9.35. The zero-order chi connectivity index (χ0) is 16.8. The number of nitrogens with two attached hydrogens (primary N) is 1. The summed E-state index contributed by atoms with van der Waals surface area (Å²) in [6, 6.07) is 7.51. The molecular weight excluding hydrogens is 320 g/mol. The highest BCUT2D eigenvalue weighted by Gasteiger charge is 2.03. The minimum absolute atomic E-state index is 0. The highest BCUT2D eigenvalue weighted by Crippen LogP contribution is 2.10. The molecule has 0 saturated carbocycles. The van der Waals surface area contributed by atoms with Crippen molar-refractivity contribution in [3.05, 3.63) is 35.4 Å². The number of halogens is 1. The summed E-state index contributed by atoms with van der Waals surface area (Å²) in [5.74, 6) is 0.0181. The van der Waals surface area contributed by atoms with E-state index < -0.39 is 0 Å². The first kappa shape index (κ1) is 22.9. The van der Waals surface area contributed by atoms with E-state index in [1.807, 2.05) is 24.3 Å². The lowest BCUT2D eigenvalue weighted by molar-refractivity contribution is 0.0953. The number of rotatable bonds is 13. The largest absolute Gasteiger partial charge is 0.352 e. The average Bonchev–Trinajstić information content (AvgIpc) is 2.59. The minimum atomic E-state index is 0. The van der Waals surface area contributed by atoms with E-state index in [9.17, 15) is 4.79 Å². The van der Waals surface area contributed by atoms with Gasteiger partial charge in [-0.2, -0.15) is 0 Å². The van der Waals surface area contributed by atoms with E-state index in [4.69, 9.17) is 5.73 Å². The van der Waals surface area contributed by atoms with Gasteiger partial charge in [0.15, 0.2) is 0 Å². The van der Waals surface area contributed by atoms with Crippen LogP contribution < -0.4 is 11.1 Å². The molecule has 0 fully saturated rings. The Morgan fingerprint density at radius 2 is 1.38 bits per heavy atom. The predicted octanol–water partition coefficient (Wildman–Crippen LogP) is 5.22. The van der Waals surface area contributed by atoms with Crippen molar-refractivity contribution in [2.24, 2.45) is 5.73 Å². The van der Waals surface area contributed by atoms with Crippen LogP contribution in [0.5, 0.6) is 0 Å². The van der Waals surface area contributed by atoms with Gasteiger partial charge in [-0.1, -0.05) is 76.8 Å². The maximum absolute atomic E-state index is 12.0. The predicted molar refractivity (Wildman–Crippen MR) is 106 cm³/mol. The number of nitrogens with one attached hydrogen (secondary N) is 1. The molecule has 1 rings (SSSR count). The van der Waals surface area contributed by atoms with Crippen LogP contribution in [0.3, 0.4) is 0 Å². The monoisotopic (exact) mass is 354 g/mol. The number of hydrogen-bond acceptors (Lipinski definition) is 2. The molecule has 4 heteroatoms. The second kappa shape index (κ2) is 15.5. The molecule has 0 bridgehead atoms. The summed E-state index contributed by atoms with van der Waals surface area (Å²) in [7, 11) is 0. The van der Waals surface area contributed by atoms with Crippen molar-refractivity contribution >= 4 is 18.3 Å². The molecule has 0 saturated heterocycles. The maximum Gasteiger partial charge on any atom is 0.251 e. The molecular formula is C20H35ClN2O. The summed E-state index contributed by atoms with van der Waals surface area (Å²) in [4.78, 5) is 12.0. The van der Waals surface area contributed by atoms with Crippen LogP contribution in [0.2, 0.25) is 0 Å². The van der Waals surface area contributed by atoms with Crippen molar-refractivity contribution in [3.8, 4) is 0 Å². The Kier molecular flexibility index (Phi) is 14.8. The molecule has 3 N–H and O–H groups in total. The van der Waals surface area contributed by atoms with E-state index in [-0.39, 0.29) is 18.3 Å². The van der Waals surface area contributed by atoms with Crippen molar-refractivity contribution in [1.29, 1.82) is 0 Å². The lowest BCUT2D eigenvalue weighted by Crippen LogP contribution is -2.24. The quantitative estimate of drug-likeness (QED) is 0.477. The van der Waals surface area contributed by atoms with Crippen molar-refractivity contribution in [3.63, 3.8) is 0 Å². The van der Waals surface area contributed by atoms with Crippen LogP contribution in [0, 0.1) is 0 Å². The number of unbranched alkanes of at least 4 members (excludes halogenated alkanes) is 9. The van der Waals surface area contributed by atoms with Gasteiger partial charge in [-0.05, 0) is 24.1 Å².